The summed E-state index contributed by atoms with van der Waals surface area (Å²) < 4.78 is 0. The van der Waals surface area contributed by atoms with E-state index >= 15 is 0 Å². The van der Waals surface area contributed by atoms with Gasteiger partial charge in [0.05, 0.1) is 12.2 Å². The zero-order valence-electron chi connectivity index (χ0n) is 11.7. The second-order valence-electron chi connectivity index (χ2n) is 4.62. The van der Waals surface area contributed by atoms with Crippen molar-refractivity contribution in [2.24, 2.45) is 0 Å². The Labute approximate surface area is 133 Å². The predicted octanol–water partition coefficient (Wildman–Crippen LogP) is 4.49. The first-order valence-electron chi connectivity index (χ1n) is 6.19. The Kier molecular flexibility index (Phi) is 6.69. The Bertz CT molecular complexity index is 599. The molecule has 21 heavy (non-hydrogen) atoms. The van der Waals surface area contributed by atoms with Crippen LogP contribution in [0.25, 0.3) is 0 Å². The normalized spacial score (nSPS) is 9.76. The third-order valence-electron chi connectivity index (χ3n) is 2.57. The van der Waals surface area contributed by atoms with Gasteiger partial charge in [-0.25, -0.2) is 4.79 Å². The topological polar surface area (TPSA) is 57.5 Å². The van der Waals surface area contributed by atoms with Crippen LogP contribution in [0, 0.1) is 13.8 Å². The minimum atomic E-state index is -0.949. The number of carbonyl (C=O) groups is 1. The van der Waals surface area contributed by atoms with Crippen molar-refractivity contribution < 1.29 is 15.0 Å². The fraction of sp³-hybridized carbons (Fsp3) is 0.188. The Hall–Kier alpha value is -1.55. The summed E-state index contributed by atoms with van der Waals surface area (Å²) in [5.74, 6) is -0.949. The Morgan fingerprint density at radius 3 is 1.90 bits per heavy atom. The number of hydrogen-bond donors (Lipinski definition) is 2. The van der Waals surface area contributed by atoms with Gasteiger partial charge in [-0.1, -0.05) is 29.3 Å². The smallest absolute Gasteiger partial charge is 0.335 e. The molecule has 0 aliphatic heterocycles. The van der Waals surface area contributed by atoms with Crippen LogP contribution in [0.1, 0.15) is 27.0 Å². The highest BCUT2D eigenvalue weighted by Crippen LogP contribution is 2.14. The second-order valence-corrected chi connectivity index (χ2v) is 5.49. The average molecular weight is 327 g/mol. The van der Waals surface area contributed by atoms with Crippen molar-refractivity contribution in [3.63, 3.8) is 0 Å². The molecule has 0 saturated carbocycles. The third kappa shape index (κ3) is 6.17. The minimum absolute atomic E-state index is 0.0569. The second kappa shape index (κ2) is 8.03. The molecule has 0 aliphatic carbocycles. The van der Waals surface area contributed by atoms with Crippen molar-refractivity contribution in [1.29, 1.82) is 0 Å². The van der Waals surface area contributed by atoms with E-state index in [1.165, 1.54) is 6.07 Å². The van der Waals surface area contributed by atoms with Crippen molar-refractivity contribution in [3.05, 3.63) is 68.7 Å². The summed E-state index contributed by atoms with van der Waals surface area (Å²) in [6.07, 6.45) is 0. The summed E-state index contributed by atoms with van der Waals surface area (Å²) in [6.45, 7) is 3.81. The van der Waals surface area contributed by atoms with E-state index in [4.69, 9.17) is 33.4 Å². The summed E-state index contributed by atoms with van der Waals surface area (Å²) in [5.41, 5.74) is 3.03. The van der Waals surface area contributed by atoms with Gasteiger partial charge in [0.15, 0.2) is 0 Å². The maximum Gasteiger partial charge on any atom is 0.335 e. The molecule has 5 heteroatoms. The van der Waals surface area contributed by atoms with Crippen LogP contribution < -0.4 is 0 Å². The lowest BCUT2D eigenvalue weighted by molar-refractivity contribution is 0.0697. The molecule has 0 radical (unpaired) electrons. The molecule has 0 fully saturated rings. The number of benzene rings is 2. The highest BCUT2D eigenvalue weighted by Gasteiger charge is 2.03. The molecular weight excluding hydrogens is 311 g/mol. The van der Waals surface area contributed by atoms with Crippen LogP contribution in [-0.4, -0.2) is 16.2 Å². The number of rotatable bonds is 2. The van der Waals surface area contributed by atoms with E-state index in [9.17, 15) is 4.79 Å². The maximum absolute atomic E-state index is 10.4. The molecule has 0 atom stereocenters. The first kappa shape index (κ1) is 17.5. The van der Waals surface area contributed by atoms with Crippen LogP contribution in [0.15, 0.2) is 36.4 Å². The molecule has 2 aromatic carbocycles. The van der Waals surface area contributed by atoms with Crippen molar-refractivity contribution in [2.45, 2.75) is 20.5 Å². The zero-order valence-corrected chi connectivity index (χ0v) is 13.2. The van der Waals surface area contributed by atoms with E-state index in [0.717, 1.165) is 16.7 Å². The van der Waals surface area contributed by atoms with Crippen molar-refractivity contribution >= 4 is 29.2 Å². The molecule has 0 saturated heterocycles. The maximum atomic E-state index is 10.4. The van der Waals surface area contributed by atoms with Crippen LogP contribution in [0.4, 0.5) is 0 Å². The number of halogens is 2. The molecule has 112 valence electrons. The van der Waals surface area contributed by atoms with Gasteiger partial charge < -0.3 is 10.2 Å². The number of aromatic carboxylic acids is 1. The quantitative estimate of drug-likeness (QED) is 0.854. The van der Waals surface area contributed by atoms with E-state index in [-0.39, 0.29) is 12.2 Å². The minimum Gasteiger partial charge on any atom is -0.478 e. The van der Waals surface area contributed by atoms with Gasteiger partial charge in [0.25, 0.3) is 0 Å². The van der Waals surface area contributed by atoms with Gasteiger partial charge in [-0.15, -0.1) is 0 Å². The van der Waals surface area contributed by atoms with Gasteiger partial charge in [-0.2, -0.15) is 0 Å². The molecule has 3 nitrogen and oxygen atoms in total. The largest absolute Gasteiger partial charge is 0.478 e. The SMILES string of the molecule is Cc1cc(Cl)cc(C(=O)O)c1.Cc1cc(Cl)cc(CO)c1. The van der Waals surface area contributed by atoms with E-state index < -0.39 is 5.97 Å². The van der Waals surface area contributed by atoms with E-state index in [1.807, 2.05) is 19.1 Å². The molecule has 0 heterocycles. The highest BCUT2D eigenvalue weighted by molar-refractivity contribution is 6.31. The molecule has 0 aliphatic rings. The van der Waals surface area contributed by atoms with Crippen LogP contribution in [-0.2, 0) is 6.61 Å². The zero-order chi connectivity index (χ0) is 16.0. The van der Waals surface area contributed by atoms with Crippen molar-refractivity contribution in [3.8, 4) is 0 Å². The van der Waals surface area contributed by atoms with E-state index in [1.54, 1.807) is 25.1 Å². The molecule has 0 amide bonds. The number of aryl methyl sites for hydroxylation is 2. The van der Waals surface area contributed by atoms with E-state index in [0.29, 0.717) is 10.0 Å². The first-order valence-corrected chi connectivity index (χ1v) is 6.95. The molecule has 0 unspecified atom stereocenters. The van der Waals surface area contributed by atoms with Crippen molar-refractivity contribution in [1.82, 2.24) is 0 Å². The van der Waals surface area contributed by atoms with Crippen LogP contribution in [0.3, 0.4) is 0 Å². The van der Waals surface area contributed by atoms with Gasteiger partial charge in [0.1, 0.15) is 0 Å². The summed E-state index contributed by atoms with van der Waals surface area (Å²) in [7, 11) is 0. The van der Waals surface area contributed by atoms with E-state index in [2.05, 4.69) is 0 Å². The average Bonchev–Trinajstić information content (AvgIpc) is 2.37. The summed E-state index contributed by atoms with van der Waals surface area (Å²) in [6, 6.07) is 10.3. The molecule has 0 spiro atoms. The molecule has 2 N–H and O–H groups in total. The first-order chi connectivity index (χ1) is 9.81. The number of carboxylic acid groups (broad SMARTS) is 1. The number of aliphatic hydroxyl groups is 1. The van der Waals surface area contributed by atoms with Gasteiger partial charge in [-0.05, 0) is 60.9 Å². The summed E-state index contributed by atoms with van der Waals surface area (Å²) >= 11 is 11.3. The van der Waals surface area contributed by atoms with Gasteiger partial charge in [-0.3, -0.25) is 0 Å². The van der Waals surface area contributed by atoms with Gasteiger partial charge >= 0.3 is 5.97 Å². The lowest BCUT2D eigenvalue weighted by atomic mass is 10.1. The van der Waals surface area contributed by atoms with Crippen LogP contribution in [0.2, 0.25) is 10.0 Å². The molecular formula is C16H16Cl2O3. The lowest BCUT2D eigenvalue weighted by Crippen LogP contribution is -1.95. The fourth-order valence-electron chi connectivity index (χ4n) is 1.76. The molecule has 0 bridgehead atoms. The Morgan fingerprint density at radius 2 is 1.48 bits per heavy atom. The Balaban J connectivity index is 0.000000211. The molecule has 2 aromatic rings. The predicted molar refractivity (Wildman–Crippen MR) is 85.3 cm³/mol. The summed E-state index contributed by atoms with van der Waals surface area (Å²) in [5, 5.41) is 18.4. The molecule has 0 aromatic heterocycles. The monoisotopic (exact) mass is 326 g/mol. The standard InChI is InChI=1S/C8H7ClO2.C8H9ClO/c1-5-2-6(8(10)11)4-7(9)3-5;1-6-2-7(5-10)4-8(9)3-6/h2-4H,1H3,(H,10,11);2-4,10H,5H2,1H3. The third-order valence-corrected chi connectivity index (χ3v) is 3.01. The molecule has 2 rings (SSSR count). The van der Waals surface area contributed by atoms with Crippen LogP contribution in [0.5, 0.6) is 0 Å². The fourth-order valence-corrected chi connectivity index (χ4v) is 2.37. The Morgan fingerprint density at radius 1 is 0.952 bits per heavy atom. The number of aliphatic hydroxyl groups excluding tert-OH is 1. The van der Waals surface area contributed by atoms with Gasteiger partial charge in [0.2, 0.25) is 0 Å². The lowest BCUT2D eigenvalue weighted by Gasteiger charge is -1.98. The number of carboxylic acids is 1. The summed E-state index contributed by atoms with van der Waals surface area (Å²) in [4.78, 5) is 10.4. The van der Waals surface area contributed by atoms with Crippen LogP contribution >= 0.6 is 23.2 Å². The van der Waals surface area contributed by atoms with Gasteiger partial charge in [0, 0.05) is 10.0 Å². The number of hydrogen-bond acceptors (Lipinski definition) is 2. The van der Waals surface area contributed by atoms with Crippen molar-refractivity contribution in [2.75, 3.05) is 0 Å². The highest BCUT2D eigenvalue weighted by atomic mass is 35.5.